The van der Waals surface area contributed by atoms with Crippen molar-refractivity contribution in [3.63, 3.8) is 0 Å². The minimum absolute atomic E-state index is 0.0581. The van der Waals surface area contributed by atoms with E-state index >= 15 is 0 Å². The zero-order valence-corrected chi connectivity index (χ0v) is 11.4. The number of aryl methyl sites for hydroxylation is 2. The Hall–Kier alpha value is -1.62. The van der Waals surface area contributed by atoms with E-state index in [1.165, 1.54) is 9.56 Å². The Balaban J connectivity index is 2.03. The molecule has 0 spiro atoms. The van der Waals surface area contributed by atoms with Gasteiger partial charge in [0.15, 0.2) is 0 Å². The van der Waals surface area contributed by atoms with Crippen molar-refractivity contribution in [3.05, 3.63) is 45.0 Å². The topological polar surface area (TPSA) is 46.9 Å². The van der Waals surface area contributed by atoms with E-state index in [0.29, 0.717) is 12.6 Å². The number of nitrogens with one attached hydrogen (secondary N) is 1. The van der Waals surface area contributed by atoms with Crippen LogP contribution in [0.4, 0.5) is 5.69 Å². The van der Waals surface area contributed by atoms with Crippen LogP contribution in [0.15, 0.2) is 34.6 Å². The van der Waals surface area contributed by atoms with E-state index in [-0.39, 0.29) is 5.56 Å². The number of thiophene rings is 1. The molecule has 2 rings (SSSR count). The van der Waals surface area contributed by atoms with Gasteiger partial charge in [0.05, 0.1) is 11.9 Å². The summed E-state index contributed by atoms with van der Waals surface area (Å²) in [7, 11) is 0. The summed E-state index contributed by atoms with van der Waals surface area (Å²) in [6.45, 7) is 4.69. The van der Waals surface area contributed by atoms with Crippen molar-refractivity contribution in [2.75, 3.05) is 5.32 Å². The van der Waals surface area contributed by atoms with Crippen LogP contribution in [0.2, 0.25) is 0 Å². The van der Waals surface area contributed by atoms with Crippen molar-refractivity contribution in [2.45, 2.75) is 32.9 Å². The van der Waals surface area contributed by atoms with Gasteiger partial charge >= 0.3 is 0 Å². The fourth-order valence-corrected chi connectivity index (χ4v) is 2.38. The van der Waals surface area contributed by atoms with E-state index in [1.54, 1.807) is 23.6 Å². The number of aromatic nitrogens is 2. The van der Waals surface area contributed by atoms with Gasteiger partial charge in [-0.2, -0.15) is 5.10 Å². The Morgan fingerprint density at radius 1 is 1.50 bits per heavy atom. The van der Waals surface area contributed by atoms with E-state index in [9.17, 15) is 4.79 Å². The van der Waals surface area contributed by atoms with Gasteiger partial charge in [0.2, 0.25) is 0 Å². The highest BCUT2D eigenvalue weighted by Gasteiger charge is 2.02. The van der Waals surface area contributed by atoms with Crippen LogP contribution in [-0.4, -0.2) is 15.8 Å². The molecule has 1 N–H and O–H groups in total. The van der Waals surface area contributed by atoms with Crippen molar-refractivity contribution in [1.29, 1.82) is 0 Å². The number of rotatable bonds is 5. The average Bonchev–Trinajstić information content (AvgIpc) is 2.80. The number of nitrogens with zero attached hydrogens (tertiary/aromatic N) is 2. The number of hydrogen-bond donors (Lipinski definition) is 1. The normalized spacial score (nSPS) is 10.8. The molecule has 0 aliphatic rings. The molecule has 0 amide bonds. The van der Waals surface area contributed by atoms with Gasteiger partial charge in [-0.25, -0.2) is 4.68 Å². The maximum absolute atomic E-state index is 11.8. The van der Waals surface area contributed by atoms with Gasteiger partial charge in [0, 0.05) is 30.0 Å². The molecule has 0 fully saturated rings. The highest BCUT2D eigenvalue weighted by Crippen LogP contribution is 2.09. The molecular formula is C13H17N3OS. The minimum atomic E-state index is -0.0581. The summed E-state index contributed by atoms with van der Waals surface area (Å²) >= 11 is 1.70. The quantitative estimate of drug-likeness (QED) is 0.901. The zero-order chi connectivity index (χ0) is 13.0. The Morgan fingerprint density at radius 3 is 2.94 bits per heavy atom. The summed E-state index contributed by atoms with van der Waals surface area (Å²) in [5.41, 5.74) is 0.722. The highest BCUT2D eigenvalue weighted by molar-refractivity contribution is 7.09. The van der Waals surface area contributed by atoms with Crippen LogP contribution in [-0.2, 0) is 13.0 Å². The summed E-state index contributed by atoms with van der Waals surface area (Å²) < 4.78 is 1.51. The van der Waals surface area contributed by atoms with Gasteiger partial charge in [-0.3, -0.25) is 4.79 Å². The van der Waals surface area contributed by atoms with Crippen LogP contribution < -0.4 is 10.9 Å². The van der Waals surface area contributed by atoms with E-state index in [2.05, 4.69) is 16.5 Å². The minimum Gasteiger partial charge on any atom is -0.381 e. The average molecular weight is 263 g/mol. The first-order chi connectivity index (χ1) is 8.65. The third-order valence-electron chi connectivity index (χ3n) is 2.48. The van der Waals surface area contributed by atoms with Crippen LogP contribution in [0.3, 0.4) is 0 Å². The summed E-state index contributed by atoms with van der Waals surface area (Å²) in [6.07, 6.45) is 2.55. The lowest BCUT2D eigenvalue weighted by Gasteiger charge is -2.10. The van der Waals surface area contributed by atoms with Crippen molar-refractivity contribution in [1.82, 2.24) is 9.78 Å². The molecule has 2 heterocycles. The fraction of sp³-hybridized carbons (Fsp3) is 0.385. The van der Waals surface area contributed by atoms with Crippen molar-refractivity contribution in [2.24, 2.45) is 0 Å². The van der Waals surface area contributed by atoms with E-state index in [0.717, 1.165) is 12.1 Å². The van der Waals surface area contributed by atoms with Crippen LogP contribution in [0.1, 0.15) is 18.7 Å². The summed E-state index contributed by atoms with van der Waals surface area (Å²) in [5.74, 6) is 0. The second kappa shape index (κ2) is 5.82. The first-order valence-corrected chi connectivity index (χ1v) is 6.89. The van der Waals surface area contributed by atoms with E-state index < -0.39 is 0 Å². The Labute approximate surface area is 110 Å². The van der Waals surface area contributed by atoms with Crippen LogP contribution >= 0.6 is 11.3 Å². The van der Waals surface area contributed by atoms with Crippen LogP contribution in [0.5, 0.6) is 0 Å². The molecule has 0 unspecified atom stereocenters. The van der Waals surface area contributed by atoms with Crippen LogP contribution in [0, 0.1) is 0 Å². The smallest absolute Gasteiger partial charge is 0.268 e. The molecule has 0 aliphatic carbocycles. The van der Waals surface area contributed by atoms with Crippen molar-refractivity contribution in [3.8, 4) is 0 Å². The molecule has 5 heteroatoms. The number of anilines is 1. The Kier molecular flexibility index (Phi) is 4.15. The molecule has 0 aromatic carbocycles. The summed E-state index contributed by atoms with van der Waals surface area (Å²) in [5, 5.41) is 9.39. The highest BCUT2D eigenvalue weighted by atomic mass is 32.1. The lowest BCUT2D eigenvalue weighted by molar-refractivity contribution is 0.581. The number of hydrogen-bond acceptors (Lipinski definition) is 4. The van der Waals surface area contributed by atoms with Crippen molar-refractivity contribution < 1.29 is 0 Å². The van der Waals surface area contributed by atoms with Crippen molar-refractivity contribution >= 4 is 17.0 Å². The molecule has 96 valence electrons. The van der Waals surface area contributed by atoms with Gasteiger partial charge in [-0.15, -0.1) is 11.3 Å². The summed E-state index contributed by atoms with van der Waals surface area (Å²) in [4.78, 5) is 13.1. The molecule has 0 saturated carbocycles. The molecular weight excluding hydrogens is 246 g/mol. The largest absolute Gasteiger partial charge is 0.381 e. The third kappa shape index (κ3) is 3.43. The molecule has 18 heavy (non-hydrogen) atoms. The Bertz CT molecular complexity index is 546. The lowest BCUT2D eigenvalue weighted by atomic mass is 10.3. The fourth-order valence-electron chi connectivity index (χ4n) is 1.68. The molecule has 0 bridgehead atoms. The third-order valence-corrected chi connectivity index (χ3v) is 3.41. The predicted octanol–water partition coefficient (Wildman–Crippen LogP) is 2.37. The second-order valence-electron chi connectivity index (χ2n) is 4.43. The van der Waals surface area contributed by atoms with Gasteiger partial charge < -0.3 is 5.32 Å². The van der Waals surface area contributed by atoms with Crippen LogP contribution in [0.25, 0.3) is 0 Å². The molecule has 2 aromatic rings. The van der Waals surface area contributed by atoms with Gasteiger partial charge in [-0.05, 0) is 25.3 Å². The SMILES string of the molecule is CC(C)Nc1cnn(CCc2cccs2)c(=O)c1. The zero-order valence-electron chi connectivity index (χ0n) is 10.6. The standard InChI is InChI=1S/C13H17N3OS/c1-10(2)15-11-8-13(17)16(14-9-11)6-5-12-4-3-7-18-12/h3-4,7-10,15H,5-6H2,1-2H3. The molecule has 0 radical (unpaired) electrons. The van der Waals surface area contributed by atoms with E-state index in [1.807, 2.05) is 25.3 Å². The van der Waals surface area contributed by atoms with E-state index in [4.69, 9.17) is 0 Å². The van der Waals surface area contributed by atoms with Gasteiger partial charge in [-0.1, -0.05) is 6.07 Å². The molecule has 0 aliphatic heterocycles. The predicted molar refractivity (Wildman–Crippen MR) is 75.3 cm³/mol. The first kappa shape index (κ1) is 12.8. The summed E-state index contributed by atoms with van der Waals surface area (Å²) in [6, 6.07) is 5.99. The molecule has 0 atom stereocenters. The second-order valence-corrected chi connectivity index (χ2v) is 5.47. The molecule has 2 aromatic heterocycles. The van der Waals surface area contributed by atoms with Gasteiger partial charge in [0.25, 0.3) is 5.56 Å². The maximum Gasteiger partial charge on any atom is 0.268 e. The molecule has 4 nitrogen and oxygen atoms in total. The van der Waals surface area contributed by atoms with Gasteiger partial charge in [0.1, 0.15) is 0 Å². The lowest BCUT2D eigenvalue weighted by Crippen LogP contribution is -2.24. The molecule has 0 saturated heterocycles. The maximum atomic E-state index is 11.8. The Morgan fingerprint density at radius 2 is 2.33 bits per heavy atom. The first-order valence-electron chi connectivity index (χ1n) is 6.01. The monoisotopic (exact) mass is 263 g/mol.